The molecule has 1 amide bonds. The number of hydrogen-bond donors (Lipinski definition) is 1. The largest absolute Gasteiger partial charge is 0.496 e. The lowest BCUT2D eigenvalue weighted by Crippen LogP contribution is -2.11. The van der Waals surface area contributed by atoms with E-state index in [9.17, 15) is 4.79 Å². The summed E-state index contributed by atoms with van der Waals surface area (Å²) in [5.74, 6) is 1.18. The number of carbonyl (C=O) groups is 1. The second-order valence-corrected chi connectivity index (χ2v) is 8.84. The Labute approximate surface area is 192 Å². The maximum atomic E-state index is 12.8. The molecule has 0 unspecified atom stereocenters. The van der Waals surface area contributed by atoms with E-state index >= 15 is 0 Å². The number of halogens is 1. The van der Waals surface area contributed by atoms with E-state index in [-0.39, 0.29) is 12.5 Å². The molecule has 0 bridgehead atoms. The molecule has 6 nitrogen and oxygen atoms in total. The predicted molar refractivity (Wildman–Crippen MR) is 125 cm³/mol. The number of carbonyl (C=O) groups excluding carboxylic acids is 1. The normalized spacial score (nSPS) is 10.7. The fourth-order valence-electron chi connectivity index (χ4n) is 2.87. The predicted octanol–water partition coefficient (Wildman–Crippen LogP) is 6.07. The number of methoxy groups -OCH3 is 1. The summed E-state index contributed by atoms with van der Waals surface area (Å²) < 4.78 is 11.1. The average molecular weight is 472 g/mol. The number of benzene rings is 2. The second-order valence-electron chi connectivity index (χ2n) is 6.46. The van der Waals surface area contributed by atoms with Gasteiger partial charge in [0, 0.05) is 16.0 Å². The van der Waals surface area contributed by atoms with Crippen LogP contribution in [0, 0.1) is 6.92 Å². The summed E-state index contributed by atoms with van der Waals surface area (Å²) >= 11 is 8.54. The molecule has 2 aromatic heterocycles. The van der Waals surface area contributed by atoms with Crippen LogP contribution < -0.4 is 14.8 Å². The standard InChI is InChI=1S/C22H18ClN3O3S2/c1-13-20(31-19(24-13)11-29-15-9-7-14(23)8-10-15)21(27)26-22-25-17(12-30-22)16-5-3-4-6-18(16)28-2/h3-10,12H,11H2,1-2H3,(H,25,26,27). The lowest BCUT2D eigenvalue weighted by Gasteiger charge is -2.05. The molecule has 2 aromatic carbocycles. The maximum absolute atomic E-state index is 12.8. The Morgan fingerprint density at radius 1 is 1.13 bits per heavy atom. The summed E-state index contributed by atoms with van der Waals surface area (Å²) in [7, 11) is 1.62. The van der Waals surface area contributed by atoms with Gasteiger partial charge in [-0.25, -0.2) is 9.97 Å². The Morgan fingerprint density at radius 2 is 1.90 bits per heavy atom. The van der Waals surface area contributed by atoms with Crippen molar-refractivity contribution >= 4 is 45.3 Å². The van der Waals surface area contributed by atoms with Crippen LogP contribution in [0.5, 0.6) is 11.5 Å². The number of para-hydroxylation sites is 1. The van der Waals surface area contributed by atoms with E-state index in [2.05, 4.69) is 15.3 Å². The van der Waals surface area contributed by atoms with Crippen LogP contribution in [-0.2, 0) is 6.61 Å². The molecule has 0 aliphatic carbocycles. The van der Waals surface area contributed by atoms with Gasteiger partial charge in [-0.15, -0.1) is 22.7 Å². The minimum atomic E-state index is -0.242. The number of nitrogens with one attached hydrogen (secondary N) is 1. The van der Waals surface area contributed by atoms with Crippen molar-refractivity contribution in [1.29, 1.82) is 0 Å². The molecule has 4 rings (SSSR count). The summed E-state index contributed by atoms with van der Waals surface area (Å²) in [6, 6.07) is 14.7. The van der Waals surface area contributed by atoms with Gasteiger partial charge in [-0.2, -0.15) is 0 Å². The van der Waals surface area contributed by atoms with E-state index in [1.54, 1.807) is 38.3 Å². The molecule has 4 aromatic rings. The SMILES string of the molecule is COc1ccccc1-c1csc(NC(=O)c2sc(COc3ccc(Cl)cc3)nc2C)n1. The van der Waals surface area contributed by atoms with Gasteiger partial charge in [0.05, 0.1) is 18.5 Å². The van der Waals surface area contributed by atoms with Crippen molar-refractivity contribution in [2.75, 3.05) is 12.4 Å². The third-order valence-electron chi connectivity index (χ3n) is 4.33. The summed E-state index contributed by atoms with van der Waals surface area (Å²) in [4.78, 5) is 22.3. The van der Waals surface area contributed by atoms with Gasteiger partial charge in [-0.05, 0) is 43.3 Å². The van der Waals surface area contributed by atoms with Crippen LogP contribution in [0.1, 0.15) is 20.4 Å². The molecule has 0 radical (unpaired) electrons. The van der Waals surface area contributed by atoms with Crippen LogP contribution in [0.25, 0.3) is 11.3 Å². The average Bonchev–Trinajstić information content (AvgIpc) is 3.39. The molecule has 158 valence electrons. The molecule has 0 aliphatic heterocycles. The van der Waals surface area contributed by atoms with Gasteiger partial charge in [0.1, 0.15) is 28.0 Å². The van der Waals surface area contributed by atoms with Crippen LogP contribution in [0.2, 0.25) is 5.02 Å². The highest BCUT2D eigenvalue weighted by Gasteiger charge is 2.18. The smallest absolute Gasteiger partial charge is 0.269 e. The maximum Gasteiger partial charge on any atom is 0.269 e. The van der Waals surface area contributed by atoms with Crippen molar-refractivity contribution in [2.24, 2.45) is 0 Å². The van der Waals surface area contributed by atoms with Crippen LogP contribution in [0.3, 0.4) is 0 Å². The highest BCUT2D eigenvalue weighted by Crippen LogP contribution is 2.32. The number of aromatic nitrogens is 2. The molecule has 0 aliphatic rings. The van der Waals surface area contributed by atoms with Crippen molar-refractivity contribution in [1.82, 2.24) is 9.97 Å². The third-order valence-corrected chi connectivity index (χ3v) is 6.47. The second kappa shape index (κ2) is 9.47. The molecule has 0 spiro atoms. The highest BCUT2D eigenvalue weighted by atomic mass is 35.5. The molecule has 0 fully saturated rings. The Hall–Kier alpha value is -2.94. The first-order chi connectivity index (χ1) is 15.0. The molecule has 0 saturated heterocycles. The Morgan fingerprint density at radius 3 is 2.68 bits per heavy atom. The number of rotatable bonds is 7. The number of aryl methyl sites for hydroxylation is 1. The minimum absolute atomic E-state index is 0.242. The number of hydrogen-bond acceptors (Lipinski definition) is 7. The molecule has 0 saturated carbocycles. The van der Waals surface area contributed by atoms with E-state index in [1.165, 1.54) is 22.7 Å². The van der Waals surface area contributed by atoms with Gasteiger partial charge in [-0.1, -0.05) is 23.7 Å². The van der Waals surface area contributed by atoms with Crippen LogP contribution in [0.15, 0.2) is 53.9 Å². The van der Waals surface area contributed by atoms with Crippen LogP contribution in [-0.4, -0.2) is 23.0 Å². The molecule has 2 heterocycles. The van der Waals surface area contributed by atoms with Crippen LogP contribution >= 0.6 is 34.3 Å². The Bertz CT molecular complexity index is 1200. The zero-order valence-electron chi connectivity index (χ0n) is 16.7. The topological polar surface area (TPSA) is 73.3 Å². The number of thiazole rings is 2. The molecular formula is C22H18ClN3O3S2. The van der Waals surface area contributed by atoms with E-state index in [1.807, 2.05) is 29.6 Å². The van der Waals surface area contributed by atoms with Crippen molar-refractivity contribution < 1.29 is 14.3 Å². The van der Waals surface area contributed by atoms with Crippen molar-refractivity contribution in [3.63, 3.8) is 0 Å². The van der Waals surface area contributed by atoms with Gasteiger partial charge in [0.25, 0.3) is 5.91 Å². The number of amides is 1. The number of anilines is 1. The summed E-state index contributed by atoms with van der Waals surface area (Å²) in [6.07, 6.45) is 0. The van der Waals surface area contributed by atoms with Crippen molar-refractivity contribution in [2.45, 2.75) is 13.5 Å². The lowest BCUT2D eigenvalue weighted by atomic mass is 10.1. The zero-order chi connectivity index (χ0) is 21.8. The molecule has 1 N–H and O–H groups in total. The van der Waals surface area contributed by atoms with E-state index < -0.39 is 0 Å². The number of ether oxygens (including phenoxy) is 2. The van der Waals surface area contributed by atoms with Gasteiger partial charge >= 0.3 is 0 Å². The van der Waals surface area contributed by atoms with E-state index in [0.29, 0.717) is 31.5 Å². The Balaban J connectivity index is 1.43. The quantitative estimate of drug-likeness (QED) is 0.354. The molecular weight excluding hydrogens is 454 g/mol. The first-order valence-corrected chi connectivity index (χ1v) is 11.4. The summed E-state index contributed by atoms with van der Waals surface area (Å²) in [5.41, 5.74) is 2.27. The molecule has 9 heteroatoms. The summed E-state index contributed by atoms with van der Waals surface area (Å²) in [6.45, 7) is 2.08. The zero-order valence-corrected chi connectivity index (χ0v) is 19.1. The molecule has 0 atom stereocenters. The summed E-state index contributed by atoms with van der Waals surface area (Å²) in [5, 5.41) is 6.62. The van der Waals surface area contributed by atoms with E-state index in [0.717, 1.165) is 17.0 Å². The fourth-order valence-corrected chi connectivity index (χ4v) is 4.57. The fraction of sp³-hybridized carbons (Fsp3) is 0.136. The first-order valence-electron chi connectivity index (χ1n) is 9.28. The number of nitrogens with zero attached hydrogens (tertiary/aromatic N) is 2. The van der Waals surface area contributed by atoms with E-state index in [4.69, 9.17) is 21.1 Å². The van der Waals surface area contributed by atoms with Crippen molar-refractivity contribution in [3.8, 4) is 22.8 Å². The van der Waals surface area contributed by atoms with Gasteiger partial charge in [0.15, 0.2) is 5.13 Å². The monoisotopic (exact) mass is 471 g/mol. The van der Waals surface area contributed by atoms with Gasteiger partial charge in [-0.3, -0.25) is 10.1 Å². The minimum Gasteiger partial charge on any atom is -0.496 e. The lowest BCUT2D eigenvalue weighted by molar-refractivity contribution is 0.103. The van der Waals surface area contributed by atoms with Gasteiger partial charge in [0.2, 0.25) is 0 Å². The van der Waals surface area contributed by atoms with Gasteiger partial charge < -0.3 is 9.47 Å². The first kappa shape index (κ1) is 21.3. The Kier molecular flexibility index (Phi) is 6.50. The highest BCUT2D eigenvalue weighted by molar-refractivity contribution is 7.15. The van der Waals surface area contributed by atoms with Crippen molar-refractivity contribution in [3.05, 3.63) is 74.5 Å². The van der Waals surface area contributed by atoms with Crippen LogP contribution in [0.4, 0.5) is 5.13 Å². The third kappa shape index (κ3) is 5.04. The molecule has 31 heavy (non-hydrogen) atoms.